The van der Waals surface area contributed by atoms with Gasteiger partial charge >= 0.3 is 0 Å². The van der Waals surface area contributed by atoms with E-state index in [1.54, 1.807) is 0 Å². The van der Waals surface area contributed by atoms with Gasteiger partial charge in [-0.05, 0) is 71.0 Å². The molecule has 140 valence electrons. The van der Waals surface area contributed by atoms with Crippen molar-refractivity contribution in [1.29, 1.82) is 0 Å². The Morgan fingerprint density at radius 3 is 1.74 bits per heavy atom. The lowest BCUT2D eigenvalue weighted by Crippen LogP contribution is -2.17. The molecule has 0 aliphatic carbocycles. The van der Waals surface area contributed by atoms with Gasteiger partial charge in [0.15, 0.2) is 0 Å². The lowest BCUT2D eigenvalue weighted by atomic mass is 10.2. The average molecular weight is 395 g/mol. The molecule has 0 unspecified atom stereocenters. The normalized spacial score (nSPS) is 9.22. The van der Waals surface area contributed by atoms with E-state index in [4.69, 9.17) is 15.9 Å². The molecule has 0 rings (SSSR count). The fourth-order valence-electron chi connectivity index (χ4n) is 1.34. The highest BCUT2D eigenvalue weighted by molar-refractivity contribution is 9.09. The van der Waals surface area contributed by atoms with Crippen LogP contribution in [0, 0.1) is 0 Å². The molecule has 0 aliphatic rings. The molecule has 0 atom stereocenters. The van der Waals surface area contributed by atoms with Crippen molar-refractivity contribution in [3.8, 4) is 0 Å². The van der Waals surface area contributed by atoms with Gasteiger partial charge in [0.2, 0.25) is 0 Å². The van der Waals surface area contributed by atoms with Crippen LogP contribution in [-0.4, -0.2) is 48.4 Å². The molecule has 0 aromatic carbocycles. The highest BCUT2D eigenvalue weighted by Crippen LogP contribution is 1.97. The average Bonchev–Trinajstić information content (AvgIpc) is 2.57. The molecule has 5 heteroatoms. The van der Waals surface area contributed by atoms with Gasteiger partial charge in [-0.25, -0.2) is 0 Å². The summed E-state index contributed by atoms with van der Waals surface area (Å²) in [5, 5.41) is 20.8. The van der Waals surface area contributed by atoms with E-state index in [1.165, 1.54) is 25.7 Å². The molecular weight excluding hydrogens is 356 g/mol. The predicted octanol–water partition coefficient (Wildman–Crippen LogP) is 3.38. The van der Waals surface area contributed by atoms with Crippen LogP contribution in [0.1, 0.15) is 51.4 Å². The molecule has 0 radical (unpaired) electrons. The monoisotopic (exact) mass is 394 g/mol. The highest BCUT2D eigenvalue weighted by Gasteiger charge is 1.86. The van der Waals surface area contributed by atoms with Gasteiger partial charge in [-0.1, -0.05) is 28.1 Å². The van der Waals surface area contributed by atoms with E-state index < -0.39 is 0 Å². The van der Waals surface area contributed by atoms with Crippen molar-refractivity contribution in [3.63, 3.8) is 0 Å². The molecule has 0 saturated carbocycles. The van der Waals surface area contributed by atoms with Crippen LogP contribution in [0.25, 0.3) is 0 Å². The van der Waals surface area contributed by atoms with E-state index in [0.717, 1.165) is 44.1 Å². The number of aliphatic hydroxyl groups excluding tert-OH is 2. The van der Waals surface area contributed by atoms with Crippen molar-refractivity contribution in [2.75, 3.05) is 38.2 Å². The summed E-state index contributed by atoms with van der Waals surface area (Å²) in [6.45, 7) is 10.4. The summed E-state index contributed by atoms with van der Waals surface area (Å²) >= 11 is 3.35. The van der Waals surface area contributed by atoms with E-state index in [-0.39, 0.29) is 6.61 Å². The lowest BCUT2D eigenvalue weighted by molar-refractivity contribution is 0.286. The van der Waals surface area contributed by atoms with Gasteiger partial charge in [0.05, 0.1) is 0 Å². The molecule has 0 aromatic rings. The van der Waals surface area contributed by atoms with Crippen molar-refractivity contribution in [2.24, 2.45) is 5.73 Å². The summed E-state index contributed by atoms with van der Waals surface area (Å²) in [6, 6.07) is 0. The first-order valence-electron chi connectivity index (χ1n) is 8.65. The number of nitrogens with one attached hydrogen (secondary N) is 1. The Bertz CT molecular complexity index is 203. The molecular formula is C18H39BrN2O2. The minimum atomic E-state index is 0.219. The maximum atomic E-state index is 8.45. The maximum Gasteiger partial charge on any atom is 0.0443 e. The second kappa shape index (κ2) is 33.4. The summed E-state index contributed by atoms with van der Waals surface area (Å²) in [5.74, 6) is 0. The van der Waals surface area contributed by atoms with Crippen LogP contribution in [0.15, 0.2) is 25.3 Å². The van der Waals surface area contributed by atoms with Crippen LogP contribution >= 0.6 is 15.9 Å². The quantitative estimate of drug-likeness (QED) is 0.207. The van der Waals surface area contributed by atoms with Gasteiger partial charge in [-0.2, -0.15) is 0 Å². The zero-order valence-electron chi connectivity index (χ0n) is 14.8. The second-order valence-electron chi connectivity index (χ2n) is 4.95. The van der Waals surface area contributed by atoms with Gasteiger partial charge in [-0.15, -0.1) is 13.2 Å². The molecule has 0 spiro atoms. The largest absolute Gasteiger partial charge is 0.396 e. The summed E-state index contributed by atoms with van der Waals surface area (Å²) in [6.07, 6.45) is 12.7. The van der Waals surface area contributed by atoms with Crippen molar-refractivity contribution in [3.05, 3.63) is 25.3 Å². The van der Waals surface area contributed by atoms with Gasteiger partial charge in [0.25, 0.3) is 0 Å². The minimum absolute atomic E-state index is 0.219. The van der Waals surface area contributed by atoms with Gasteiger partial charge < -0.3 is 21.3 Å². The number of allylic oxidation sites excluding steroid dienone is 2. The first-order chi connectivity index (χ1) is 11.2. The lowest BCUT2D eigenvalue weighted by Gasteiger charge is -2.01. The number of alkyl halides is 1. The standard InChI is InChI=1S/C9H19NO.C6H11Br.C3H9NO/c1-2-3-4-5-7-10-8-6-9-11;1-2-3-4-5-6-7;4-2-1-3-5/h2,10-11H,1,3-9H2;2H,1,3-6H2;5H,1-4H2. The van der Waals surface area contributed by atoms with Crippen LogP contribution < -0.4 is 11.1 Å². The summed E-state index contributed by atoms with van der Waals surface area (Å²) in [4.78, 5) is 0. The summed E-state index contributed by atoms with van der Waals surface area (Å²) < 4.78 is 0. The number of hydrogen-bond acceptors (Lipinski definition) is 4. The van der Waals surface area contributed by atoms with Gasteiger partial charge in [0, 0.05) is 18.5 Å². The second-order valence-corrected chi connectivity index (χ2v) is 5.74. The first-order valence-corrected chi connectivity index (χ1v) is 9.77. The maximum absolute atomic E-state index is 8.45. The minimum Gasteiger partial charge on any atom is -0.396 e. The molecule has 0 amide bonds. The number of aliphatic hydroxyl groups is 2. The summed E-state index contributed by atoms with van der Waals surface area (Å²) in [7, 11) is 0. The van der Waals surface area contributed by atoms with Crippen LogP contribution in [0.3, 0.4) is 0 Å². The van der Waals surface area contributed by atoms with E-state index in [1.807, 2.05) is 12.2 Å². The zero-order chi connectivity index (χ0) is 18.0. The van der Waals surface area contributed by atoms with Crippen LogP contribution in [0.5, 0.6) is 0 Å². The predicted molar refractivity (Wildman–Crippen MR) is 107 cm³/mol. The third kappa shape index (κ3) is 44.9. The van der Waals surface area contributed by atoms with Crippen LogP contribution in [-0.2, 0) is 0 Å². The Morgan fingerprint density at radius 2 is 1.35 bits per heavy atom. The molecule has 0 heterocycles. The van der Waals surface area contributed by atoms with Crippen molar-refractivity contribution >= 4 is 15.9 Å². The van der Waals surface area contributed by atoms with E-state index in [2.05, 4.69) is 34.4 Å². The Kier molecular flexibility index (Phi) is 40.2. The number of nitrogens with two attached hydrogens (primary N) is 1. The van der Waals surface area contributed by atoms with E-state index in [0.29, 0.717) is 13.2 Å². The molecule has 5 N–H and O–H groups in total. The Labute approximate surface area is 152 Å². The molecule has 23 heavy (non-hydrogen) atoms. The van der Waals surface area contributed by atoms with E-state index in [9.17, 15) is 0 Å². The fraction of sp³-hybridized carbons (Fsp3) is 0.778. The topological polar surface area (TPSA) is 78.5 Å². The molecule has 0 aromatic heterocycles. The molecule has 4 nitrogen and oxygen atoms in total. The third-order valence-electron chi connectivity index (χ3n) is 2.68. The Balaban J connectivity index is -0.000000286. The highest BCUT2D eigenvalue weighted by atomic mass is 79.9. The Morgan fingerprint density at radius 1 is 0.826 bits per heavy atom. The number of unbranched alkanes of at least 4 members (excludes halogenated alkanes) is 4. The Hall–Kier alpha value is -0.200. The number of halogens is 1. The smallest absolute Gasteiger partial charge is 0.0443 e. The zero-order valence-corrected chi connectivity index (χ0v) is 16.4. The SMILES string of the molecule is C=CCCCCBr.C=CCCCCNCCCO.NCCCO. The first kappa shape index (κ1) is 27.6. The molecule has 0 bridgehead atoms. The van der Waals surface area contributed by atoms with Crippen LogP contribution in [0.2, 0.25) is 0 Å². The van der Waals surface area contributed by atoms with Crippen molar-refractivity contribution < 1.29 is 10.2 Å². The molecule has 0 fully saturated rings. The number of hydrogen-bond donors (Lipinski definition) is 4. The van der Waals surface area contributed by atoms with Crippen LogP contribution in [0.4, 0.5) is 0 Å². The van der Waals surface area contributed by atoms with Gasteiger partial charge in [-0.3, -0.25) is 0 Å². The van der Waals surface area contributed by atoms with E-state index >= 15 is 0 Å². The molecule has 0 aliphatic heterocycles. The van der Waals surface area contributed by atoms with Crippen molar-refractivity contribution in [1.82, 2.24) is 5.32 Å². The molecule has 0 saturated heterocycles. The number of rotatable bonds is 14. The third-order valence-corrected chi connectivity index (χ3v) is 3.24. The van der Waals surface area contributed by atoms with Crippen molar-refractivity contribution in [2.45, 2.75) is 51.4 Å². The fourth-order valence-corrected chi connectivity index (χ4v) is 1.74. The van der Waals surface area contributed by atoms with Gasteiger partial charge in [0.1, 0.15) is 0 Å². The summed E-state index contributed by atoms with van der Waals surface area (Å²) in [5.41, 5.74) is 4.98.